The fourth-order valence-corrected chi connectivity index (χ4v) is 2.14. The summed E-state index contributed by atoms with van der Waals surface area (Å²) in [6, 6.07) is 8.29. The first kappa shape index (κ1) is 17.1. The molecule has 0 fully saturated rings. The van der Waals surface area contributed by atoms with Gasteiger partial charge in [-0.2, -0.15) is 18.3 Å². The van der Waals surface area contributed by atoms with Crippen LogP contribution in [0.1, 0.15) is 23.9 Å². The van der Waals surface area contributed by atoms with Gasteiger partial charge in [-0.25, -0.2) is 0 Å². The van der Waals surface area contributed by atoms with Crippen LogP contribution in [0.15, 0.2) is 30.3 Å². The minimum atomic E-state index is -4.48. The number of anilines is 1. The van der Waals surface area contributed by atoms with Crippen LogP contribution in [0.25, 0.3) is 0 Å². The largest absolute Gasteiger partial charge is 0.435 e. The molecular weight excluding hydrogens is 307 g/mol. The van der Waals surface area contributed by atoms with Crippen molar-refractivity contribution < 1.29 is 18.0 Å². The number of alkyl halides is 3. The first-order chi connectivity index (χ1) is 10.7. The molecule has 1 N–H and O–H groups in total. The van der Waals surface area contributed by atoms with Crippen molar-refractivity contribution in [1.82, 2.24) is 9.78 Å². The summed E-state index contributed by atoms with van der Waals surface area (Å²) < 4.78 is 39.2. The third-order valence-corrected chi connectivity index (χ3v) is 3.57. The van der Waals surface area contributed by atoms with Crippen molar-refractivity contribution in [3.05, 3.63) is 47.3 Å². The molecule has 0 aliphatic carbocycles. The Labute approximate surface area is 132 Å². The predicted octanol–water partition coefficient (Wildman–Crippen LogP) is 3.79. The summed E-state index contributed by atoms with van der Waals surface area (Å²) in [5.41, 5.74) is 1.04. The molecule has 0 aliphatic heterocycles. The van der Waals surface area contributed by atoms with E-state index >= 15 is 0 Å². The van der Waals surface area contributed by atoms with Gasteiger partial charge in [-0.3, -0.25) is 9.48 Å². The van der Waals surface area contributed by atoms with Gasteiger partial charge in [-0.05, 0) is 31.5 Å². The fraction of sp³-hybridized carbons (Fsp3) is 0.375. The highest BCUT2D eigenvalue weighted by molar-refractivity contribution is 5.92. The van der Waals surface area contributed by atoms with Crippen molar-refractivity contribution in [2.24, 2.45) is 5.92 Å². The monoisotopic (exact) mass is 325 g/mol. The SMILES string of the molecule is Cc1ccccc1NC(=O)[C@@H](C)Cn1nc(C(F)(F)F)cc1C. The number of para-hydroxylation sites is 1. The van der Waals surface area contributed by atoms with Crippen molar-refractivity contribution in [1.29, 1.82) is 0 Å². The molecule has 0 radical (unpaired) electrons. The van der Waals surface area contributed by atoms with E-state index < -0.39 is 17.8 Å². The third kappa shape index (κ3) is 4.12. The van der Waals surface area contributed by atoms with Gasteiger partial charge in [0.05, 0.1) is 12.5 Å². The van der Waals surface area contributed by atoms with Gasteiger partial charge in [0.2, 0.25) is 5.91 Å². The normalized spacial score (nSPS) is 13.0. The summed E-state index contributed by atoms with van der Waals surface area (Å²) in [7, 11) is 0. The van der Waals surface area contributed by atoms with Gasteiger partial charge in [0, 0.05) is 11.4 Å². The van der Waals surface area contributed by atoms with Crippen molar-refractivity contribution in [2.75, 3.05) is 5.32 Å². The zero-order valence-electron chi connectivity index (χ0n) is 13.1. The summed E-state index contributed by atoms with van der Waals surface area (Å²) in [4.78, 5) is 12.2. The quantitative estimate of drug-likeness (QED) is 0.929. The minimum Gasteiger partial charge on any atom is -0.326 e. The van der Waals surface area contributed by atoms with Gasteiger partial charge < -0.3 is 5.32 Å². The van der Waals surface area contributed by atoms with Crippen LogP contribution in [-0.4, -0.2) is 15.7 Å². The van der Waals surface area contributed by atoms with Crippen LogP contribution >= 0.6 is 0 Å². The maximum absolute atomic E-state index is 12.7. The molecule has 0 unspecified atom stereocenters. The fourth-order valence-electron chi connectivity index (χ4n) is 2.14. The van der Waals surface area contributed by atoms with E-state index in [0.717, 1.165) is 11.6 Å². The predicted molar refractivity (Wildman–Crippen MR) is 80.9 cm³/mol. The Morgan fingerprint density at radius 1 is 1.30 bits per heavy atom. The highest BCUT2D eigenvalue weighted by Crippen LogP contribution is 2.28. The van der Waals surface area contributed by atoms with Crippen LogP contribution in [0.4, 0.5) is 18.9 Å². The van der Waals surface area contributed by atoms with E-state index in [2.05, 4.69) is 10.4 Å². The molecule has 0 saturated heterocycles. The number of aromatic nitrogens is 2. The van der Waals surface area contributed by atoms with Crippen LogP contribution < -0.4 is 5.32 Å². The summed E-state index contributed by atoms with van der Waals surface area (Å²) in [5, 5.41) is 6.32. The van der Waals surface area contributed by atoms with Crippen LogP contribution in [-0.2, 0) is 17.5 Å². The number of aryl methyl sites for hydroxylation is 2. The molecule has 7 heteroatoms. The van der Waals surface area contributed by atoms with E-state index in [-0.39, 0.29) is 12.5 Å². The molecule has 1 aromatic heterocycles. The second-order valence-electron chi connectivity index (χ2n) is 5.56. The second-order valence-corrected chi connectivity index (χ2v) is 5.56. The molecule has 4 nitrogen and oxygen atoms in total. The van der Waals surface area contributed by atoms with Crippen molar-refractivity contribution in [3.8, 4) is 0 Å². The van der Waals surface area contributed by atoms with Crippen LogP contribution in [0.2, 0.25) is 0 Å². The zero-order valence-corrected chi connectivity index (χ0v) is 13.1. The molecule has 2 aromatic rings. The molecule has 0 aliphatic rings. The lowest BCUT2D eigenvalue weighted by Gasteiger charge is -2.14. The lowest BCUT2D eigenvalue weighted by Crippen LogP contribution is -2.25. The Morgan fingerprint density at radius 3 is 2.52 bits per heavy atom. The molecule has 1 heterocycles. The van der Waals surface area contributed by atoms with E-state index in [1.165, 1.54) is 11.6 Å². The number of rotatable bonds is 4. The number of nitrogens with one attached hydrogen (secondary N) is 1. The third-order valence-electron chi connectivity index (χ3n) is 3.57. The maximum atomic E-state index is 12.7. The Hall–Kier alpha value is -2.31. The molecule has 2 rings (SSSR count). The van der Waals surface area contributed by atoms with Crippen LogP contribution in [0, 0.1) is 19.8 Å². The zero-order chi connectivity index (χ0) is 17.2. The molecule has 0 spiro atoms. The number of carbonyl (C=O) groups is 1. The second kappa shape index (κ2) is 6.44. The Bertz CT molecular complexity index is 707. The number of benzene rings is 1. The van der Waals surface area contributed by atoms with Gasteiger partial charge in [-0.15, -0.1) is 0 Å². The lowest BCUT2D eigenvalue weighted by molar-refractivity contribution is -0.141. The van der Waals surface area contributed by atoms with Crippen molar-refractivity contribution in [3.63, 3.8) is 0 Å². The molecule has 0 bridgehead atoms. The molecule has 23 heavy (non-hydrogen) atoms. The van der Waals surface area contributed by atoms with Gasteiger partial charge in [-0.1, -0.05) is 25.1 Å². The standard InChI is InChI=1S/C16H18F3N3O/c1-10-6-4-5-7-13(10)20-15(23)11(2)9-22-12(3)8-14(21-22)16(17,18)19/h4-8,11H,9H2,1-3H3,(H,20,23)/t11-/m0/s1. The van der Waals surface area contributed by atoms with E-state index in [1.54, 1.807) is 19.1 Å². The van der Waals surface area contributed by atoms with Gasteiger partial charge in [0.15, 0.2) is 5.69 Å². The van der Waals surface area contributed by atoms with Gasteiger partial charge in [0.25, 0.3) is 0 Å². The van der Waals surface area contributed by atoms with Gasteiger partial charge in [0.1, 0.15) is 0 Å². The van der Waals surface area contributed by atoms with E-state index in [9.17, 15) is 18.0 Å². The van der Waals surface area contributed by atoms with Gasteiger partial charge >= 0.3 is 6.18 Å². The molecule has 1 amide bonds. The number of hydrogen-bond acceptors (Lipinski definition) is 2. The molecule has 1 atom stereocenters. The van der Waals surface area contributed by atoms with Crippen LogP contribution in [0.5, 0.6) is 0 Å². The van der Waals surface area contributed by atoms with Crippen molar-refractivity contribution >= 4 is 11.6 Å². The minimum absolute atomic E-state index is 0.0830. The Kier molecular flexibility index (Phi) is 4.77. The maximum Gasteiger partial charge on any atom is 0.435 e. The summed E-state index contributed by atoms with van der Waals surface area (Å²) in [6.45, 7) is 5.14. The molecular formula is C16H18F3N3O. The number of nitrogens with zero attached hydrogens (tertiary/aromatic N) is 2. The lowest BCUT2D eigenvalue weighted by atomic mass is 10.1. The first-order valence-electron chi connectivity index (χ1n) is 7.16. The smallest absolute Gasteiger partial charge is 0.326 e. The number of halogens is 3. The van der Waals surface area contributed by atoms with E-state index in [1.807, 2.05) is 19.1 Å². The Balaban J connectivity index is 2.07. The number of carbonyl (C=O) groups excluding carboxylic acids is 1. The first-order valence-corrected chi connectivity index (χ1v) is 7.16. The highest BCUT2D eigenvalue weighted by atomic mass is 19.4. The average molecular weight is 325 g/mol. The Morgan fingerprint density at radius 2 is 1.96 bits per heavy atom. The summed E-state index contributed by atoms with van der Waals surface area (Å²) >= 11 is 0. The summed E-state index contributed by atoms with van der Waals surface area (Å²) in [5.74, 6) is -0.781. The average Bonchev–Trinajstić information content (AvgIpc) is 2.82. The van der Waals surface area contributed by atoms with Crippen LogP contribution in [0.3, 0.4) is 0 Å². The summed E-state index contributed by atoms with van der Waals surface area (Å²) in [6.07, 6.45) is -4.48. The number of hydrogen-bond donors (Lipinski definition) is 1. The number of amides is 1. The topological polar surface area (TPSA) is 46.9 Å². The molecule has 124 valence electrons. The van der Waals surface area contributed by atoms with E-state index in [0.29, 0.717) is 11.4 Å². The molecule has 0 saturated carbocycles. The molecule has 1 aromatic carbocycles. The van der Waals surface area contributed by atoms with E-state index in [4.69, 9.17) is 0 Å². The highest BCUT2D eigenvalue weighted by Gasteiger charge is 2.34. The van der Waals surface area contributed by atoms with Crippen molar-refractivity contribution in [2.45, 2.75) is 33.5 Å².